The van der Waals surface area contributed by atoms with Crippen LogP contribution in [0.5, 0.6) is 5.75 Å². The quantitative estimate of drug-likeness (QED) is 0.723. The minimum Gasteiger partial charge on any atom is -0.497 e. The van der Waals surface area contributed by atoms with Gasteiger partial charge >= 0.3 is 0 Å². The Balaban J connectivity index is 0.00000300. The van der Waals surface area contributed by atoms with Crippen molar-refractivity contribution in [2.75, 3.05) is 23.9 Å². The van der Waals surface area contributed by atoms with E-state index in [1.165, 1.54) is 0 Å². The van der Waals surface area contributed by atoms with Crippen LogP contribution >= 0.6 is 12.4 Å². The van der Waals surface area contributed by atoms with Gasteiger partial charge in [-0.15, -0.1) is 12.4 Å². The third-order valence-electron chi connectivity index (χ3n) is 4.98. The molecule has 0 radical (unpaired) electrons. The Labute approximate surface area is 177 Å². The van der Waals surface area contributed by atoms with Gasteiger partial charge < -0.3 is 20.7 Å². The number of rotatable bonds is 7. The average molecular weight is 418 g/mol. The molecule has 3 rings (SSSR count). The second kappa shape index (κ2) is 10.3. The maximum atomic E-state index is 12.9. The number of carbonyl (C=O) groups is 2. The van der Waals surface area contributed by atoms with Crippen LogP contribution in [0.2, 0.25) is 0 Å². The van der Waals surface area contributed by atoms with E-state index in [4.69, 9.17) is 10.5 Å². The molecule has 1 atom stereocenters. The van der Waals surface area contributed by atoms with E-state index in [9.17, 15) is 9.59 Å². The fourth-order valence-electron chi connectivity index (χ4n) is 3.45. The highest BCUT2D eigenvalue weighted by molar-refractivity contribution is 5.99. The number of hydrogen-bond donors (Lipinski definition) is 2. The number of fused-ring (bicyclic) bond motifs is 1. The number of amides is 2. The fraction of sp³-hybridized carbons (Fsp3) is 0.364. The van der Waals surface area contributed by atoms with E-state index in [0.29, 0.717) is 25.1 Å². The van der Waals surface area contributed by atoms with Crippen LogP contribution in [0.1, 0.15) is 30.9 Å². The Morgan fingerprint density at radius 1 is 1.24 bits per heavy atom. The van der Waals surface area contributed by atoms with E-state index in [1.807, 2.05) is 49.4 Å². The molecule has 1 aliphatic heterocycles. The van der Waals surface area contributed by atoms with Gasteiger partial charge in [-0.3, -0.25) is 9.59 Å². The summed E-state index contributed by atoms with van der Waals surface area (Å²) in [6, 6.07) is 12.7. The summed E-state index contributed by atoms with van der Waals surface area (Å²) in [5.41, 5.74) is 9.42. The number of carbonyl (C=O) groups excluding carboxylic acids is 2. The monoisotopic (exact) mass is 417 g/mol. The Hall–Kier alpha value is -2.57. The molecule has 6 nitrogen and oxygen atoms in total. The SMILES string of the molecule is CCCC(N)C(=O)Nc1ccc2c(c1)N(C(=O)Cc1cccc(OC)c1)CC2.Cl. The van der Waals surface area contributed by atoms with Gasteiger partial charge in [-0.25, -0.2) is 0 Å². The van der Waals surface area contributed by atoms with E-state index in [2.05, 4.69) is 5.32 Å². The molecule has 1 heterocycles. The molecule has 0 saturated carbocycles. The molecule has 2 aromatic carbocycles. The number of nitrogens with zero attached hydrogens (tertiary/aromatic N) is 1. The molecule has 0 aromatic heterocycles. The zero-order valence-electron chi connectivity index (χ0n) is 16.8. The van der Waals surface area contributed by atoms with E-state index >= 15 is 0 Å². The Morgan fingerprint density at radius 3 is 2.76 bits per heavy atom. The molecule has 0 spiro atoms. The first-order chi connectivity index (χ1) is 13.5. The summed E-state index contributed by atoms with van der Waals surface area (Å²) in [5, 5.41) is 2.86. The van der Waals surface area contributed by atoms with Crippen LogP contribution in [0.25, 0.3) is 0 Å². The number of anilines is 2. The first kappa shape index (κ1) is 22.7. The molecule has 0 bridgehead atoms. The summed E-state index contributed by atoms with van der Waals surface area (Å²) in [6.45, 7) is 2.64. The van der Waals surface area contributed by atoms with Gasteiger partial charge in [0.25, 0.3) is 0 Å². The van der Waals surface area contributed by atoms with E-state index in [1.54, 1.807) is 12.0 Å². The third kappa shape index (κ3) is 5.49. The molecule has 1 aliphatic rings. The van der Waals surface area contributed by atoms with E-state index < -0.39 is 6.04 Å². The van der Waals surface area contributed by atoms with Gasteiger partial charge in [0.1, 0.15) is 5.75 Å². The summed E-state index contributed by atoms with van der Waals surface area (Å²) in [4.78, 5) is 26.9. The van der Waals surface area contributed by atoms with E-state index in [0.717, 1.165) is 35.4 Å². The molecule has 2 aromatic rings. The second-order valence-corrected chi connectivity index (χ2v) is 7.05. The summed E-state index contributed by atoms with van der Waals surface area (Å²) in [5.74, 6) is 0.563. The summed E-state index contributed by atoms with van der Waals surface area (Å²) in [7, 11) is 1.61. The van der Waals surface area contributed by atoms with Crippen LogP contribution in [0.4, 0.5) is 11.4 Å². The van der Waals surface area contributed by atoms with Gasteiger partial charge in [-0.1, -0.05) is 31.5 Å². The predicted octanol–water partition coefficient (Wildman–Crippen LogP) is 3.31. The summed E-state index contributed by atoms with van der Waals surface area (Å²) >= 11 is 0. The predicted molar refractivity (Wildman–Crippen MR) is 118 cm³/mol. The van der Waals surface area contributed by atoms with E-state index in [-0.39, 0.29) is 24.2 Å². The highest BCUT2D eigenvalue weighted by Crippen LogP contribution is 2.31. The van der Waals surface area contributed by atoms with Crippen molar-refractivity contribution in [1.29, 1.82) is 0 Å². The lowest BCUT2D eigenvalue weighted by Gasteiger charge is -2.19. The number of nitrogens with two attached hydrogens (primary N) is 1. The number of ether oxygens (including phenoxy) is 1. The molecular weight excluding hydrogens is 390 g/mol. The first-order valence-corrected chi connectivity index (χ1v) is 9.64. The van der Waals surface area contributed by atoms with Gasteiger partial charge in [0.2, 0.25) is 11.8 Å². The minimum absolute atomic E-state index is 0. The lowest BCUT2D eigenvalue weighted by atomic mass is 10.1. The standard InChI is InChI=1S/C22H27N3O3.ClH/c1-3-5-19(23)22(27)24-17-9-8-16-10-11-25(20(16)14-17)21(26)13-15-6-4-7-18(12-15)28-2;/h4,6-9,12,14,19H,3,5,10-11,13,23H2,1-2H3,(H,24,27);1H. The zero-order chi connectivity index (χ0) is 20.1. The van der Waals surface area contributed by atoms with Crippen LogP contribution in [0, 0.1) is 0 Å². The maximum absolute atomic E-state index is 12.9. The molecule has 156 valence electrons. The van der Waals surface area contributed by atoms with Crippen molar-refractivity contribution in [3.8, 4) is 5.75 Å². The number of nitrogens with one attached hydrogen (secondary N) is 1. The van der Waals surface area contributed by atoms with Crippen molar-refractivity contribution in [2.45, 2.75) is 38.6 Å². The lowest BCUT2D eigenvalue weighted by molar-refractivity contribution is -0.118. The van der Waals surface area contributed by atoms with Crippen LogP contribution in [-0.2, 0) is 22.4 Å². The Morgan fingerprint density at radius 2 is 2.03 bits per heavy atom. The lowest BCUT2D eigenvalue weighted by Crippen LogP contribution is -2.35. The number of hydrogen-bond acceptors (Lipinski definition) is 4. The molecule has 29 heavy (non-hydrogen) atoms. The van der Waals surface area contributed by atoms with Crippen molar-refractivity contribution in [3.05, 3.63) is 53.6 Å². The van der Waals surface area contributed by atoms with Crippen molar-refractivity contribution in [2.24, 2.45) is 5.73 Å². The molecule has 0 saturated heterocycles. The first-order valence-electron chi connectivity index (χ1n) is 9.64. The topological polar surface area (TPSA) is 84.7 Å². The molecular formula is C22H28ClN3O3. The molecule has 2 amide bonds. The molecule has 1 unspecified atom stereocenters. The maximum Gasteiger partial charge on any atom is 0.241 e. The van der Waals surface area contributed by atoms with Gasteiger partial charge in [-0.05, 0) is 48.2 Å². The largest absolute Gasteiger partial charge is 0.497 e. The van der Waals surface area contributed by atoms with Gasteiger partial charge in [0.05, 0.1) is 19.6 Å². The Kier molecular flexibility index (Phi) is 8.05. The molecule has 0 fully saturated rings. The number of benzene rings is 2. The Bertz CT molecular complexity index is 872. The third-order valence-corrected chi connectivity index (χ3v) is 4.98. The highest BCUT2D eigenvalue weighted by atomic mass is 35.5. The smallest absolute Gasteiger partial charge is 0.241 e. The zero-order valence-corrected chi connectivity index (χ0v) is 17.6. The van der Waals surface area contributed by atoms with Gasteiger partial charge in [0.15, 0.2) is 0 Å². The number of methoxy groups -OCH3 is 1. The van der Waals surface area contributed by atoms with Crippen molar-refractivity contribution < 1.29 is 14.3 Å². The highest BCUT2D eigenvalue weighted by Gasteiger charge is 2.25. The summed E-state index contributed by atoms with van der Waals surface area (Å²) < 4.78 is 5.23. The second-order valence-electron chi connectivity index (χ2n) is 7.05. The van der Waals surface area contributed by atoms with Crippen molar-refractivity contribution in [1.82, 2.24) is 0 Å². The normalized spacial score (nSPS) is 13.3. The fourth-order valence-corrected chi connectivity index (χ4v) is 3.45. The molecule has 0 aliphatic carbocycles. The van der Waals surface area contributed by atoms with Gasteiger partial charge in [-0.2, -0.15) is 0 Å². The van der Waals surface area contributed by atoms with Crippen molar-refractivity contribution >= 4 is 35.6 Å². The van der Waals surface area contributed by atoms with Crippen LogP contribution in [0.15, 0.2) is 42.5 Å². The van der Waals surface area contributed by atoms with Crippen molar-refractivity contribution in [3.63, 3.8) is 0 Å². The minimum atomic E-state index is -0.524. The number of halogens is 1. The molecule has 3 N–H and O–H groups in total. The summed E-state index contributed by atoms with van der Waals surface area (Å²) in [6.07, 6.45) is 2.60. The van der Waals surface area contributed by atoms with Crippen LogP contribution < -0.4 is 20.7 Å². The van der Waals surface area contributed by atoms with Gasteiger partial charge in [0, 0.05) is 17.9 Å². The molecule has 7 heteroatoms. The average Bonchev–Trinajstić information content (AvgIpc) is 3.11. The van der Waals surface area contributed by atoms with Crippen LogP contribution in [-0.4, -0.2) is 31.5 Å². The van der Waals surface area contributed by atoms with Crippen LogP contribution in [0.3, 0.4) is 0 Å².